The summed E-state index contributed by atoms with van der Waals surface area (Å²) in [6.07, 6.45) is 4.83. The van der Waals surface area contributed by atoms with Gasteiger partial charge in [-0.05, 0) is 38.5 Å². The highest BCUT2D eigenvalue weighted by molar-refractivity contribution is 5.97. The Labute approximate surface area is 173 Å². The standard InChI is InChI=1S/C22H26F5N3/c1-28(2)21-17(25)14-13(18(26)22(21)30-11-7-4-8-12-30)15(23)19(27)20(16(14)24)29-9-5-3-6-10-29/h3-12H2,1-2H3. The molecule has 2 aromatic carbocycles. The molecule has 0 spiro atoms. The highest BCUT2D eigenvalue weighted by Crippen LogP contribution is 2.45. The molecule has 2 saturated heterocycles. The molecule has 4 rings (SSSR count). The fourth-order valence-corrected chi connectivity index (χ4v) is 4.71. The summed E-state index contributed by atoms with van der Waals surface area (Å²) in [6.45, 7) is 1.63. The Hall–Kier alpha value is -2.25. The molecular weight excluding hydrogens is 401 g/mol. The monoisotopic (exact) mass is 427 g/mol. The molecule has 3 nitrogen and oxygen atoms in total. The number of benzene rings is 2. The Morgan fingerprint density at radius 2 is 0.967 bits per heavy atom. The van der Waals surface area contributed by atoms with Gasteiger partial charge in [0.2, 0.25) is 0 Å². The highest BCUT2D eigenvalue weighted by Gasteiger charge is 2.34. The Bertz CT molecular complexity index is 964. The zero-order valence-electron chi connectivity index (χ0n) is 17.3. The predicted octanol–water partition coefficient (Wildman–Crippen LogP) is 5.58. The summed E-state index contributed by atoms with van der Waals surface area (Å²) in [4.78, 5) is 4.40. The molecule has 0 radical (unpaired) electrons. The Kier molecular flexibility index (Phi) is 5.68. The molecule has 0 N–H and O–H groups in total. The van der Waals surface area contributed by atoms with Crippen LogP contribution in [0.3, 0.4) is 0 Å². The van der Waals surface area contributed by atoms with E-state index in [1.54, 1.807) is 4.90 Å². The SMILES string of the molecule is CN(C)c1c(N2CCCCC2)c(F)c2c(F)c(F)c(N3CCCCC3)c(F)c2c1F. The van der Waals surface area contributed by atoms with Crippen molar-refractivity contribution in [2.45, 2.75) is 38.5 Å². The van der Waals surface area contributed by atoms with Gasteiger partial charge in [-0.3, -0.25) is 0 Å². The van der Waals surface area contributed by atoms with Gasteiger partial charge >= 0.3 is 0 Å². The van der Waals surface area contributed by atoms with Crippen molar-refractivity contribution in [3.05, 3.63) is 29.1 Å². The maximum Gasteiger partial charge on any atom is 0.185 e. The number of rotatable bonds is 3. The summed E-state index contributed by atoms with van der Waals surface area (Å²) in [6, 6.07) is 0. The van der Waals surface area contributed by atoms with Gasteiger partial charge in [-0.25, -0.2) is 22.0 Å². The average molecular weight is 427 g/mol. The van der Waals surface area contributed by atoms with Crippen molar-refractivity contribution in [1.82, 2.24) is 0 Å². The second kappa shape index (κ2) is 8.12. The van der Waals surface area contributed by atoms with Crippen LogP contribution in [0, 0.1) is 29.1 Å². The molecular formula is C22H26F5N3. The van der Waals surface area contributed by atoms with Gasteiger partial charge in [-0.1, -0.05) is 0 Å². The van der Waals surface area contributed by atoms with E-state index in [1.807, 2.05) is 0 Å². The first-order chi connectivity index (χ1) is 14.3. The molecule has 0 aliphatic carbocycles. The molecule has 2 aliphatic heterocycles. The van der Waals surface area contributed by atoms with Gasteiger partial charge in [0, 0.05) is 40.3 Å². The smallest absolute Gasteiger partial charge is 0.185 e. The number of anilines is 3. The Balaban J connectivity index is 2.04. The molecule has 2 aromatic rings. The van der Waals surface area contributed by atoms with Crippen molar-refractivity contribution in [2.75, 3.05) is 55.0 Å². The molecule has 164 valence electrons. The lowest BCUT2D eigenvalue weighted by molar-refractivity contribution is 0.483. The van der Waals surface area contributed by atoms with E-state index in [4.69, 9.17) is 0 Å². The van der Waals surface area contributed by atoms with Gasteiger partial charge in [-0.15, -0.1) is 0 Å². The second-order valence-corrected chi connectivity index (χ2v) is 8.36. The first-order valence-electron chi connectivity index (χ1n) is 10.5. The molecule has 0 bridgehead atoms. The van der Waals surface area contributed by atoms with Crippen molar-refractivity contribution in [2.24, 2.45) is 0 Å². The first-order valence-corrected chi connectivity index (χ1v) is 10.5. The highest BCUT2D eigenvalue weighted by atomic mass is 19.2. The third-order valence-electron chi connectivity index (χ3n) is 6.17. The summed E-state index contributed by atoms with van der Waals surface area (Å²) in [7, 11) is 3.06. The third-order valence-corrected chi connectivity index (χ3v) is 6.17. The predicted molar refractivity (Wildman–Crippen MR) is 110 cm³/mol. The number of halogens is 5. The van der Waals surface area contributed by atoms with Crippen LogP contribution in [0.15, 0.2) is 0 Å². The Morgan fingerprint density at radius 1 is 0.533 bits per heavy atom. The molecule has 0 aromatic heterocycles. The molecule has 2 heterocycles. The number of nitrogens with zero attached hydrogens (tertiary/aromatic N) is 3. The molecule has 0 amide bonds. The van der Waals surface area contributed by atoms with Crippen LogP contribution in [0.5, 0.6) is 0 Å². The van der Waals surface area contributed by atoms with Gasteiger partial charge in [-0.2, -0.15) is 0 Å². The van der Waals surface area contributed by atoms with Crippen LogP contribution in [-0.4, -0.2) is 40.3 Å². The molecule has 2 fully saturated rings. The topological polar surface area (TPSA) is 9.72 Å². The van der Waals surface area contributed by atoms with Crippen molar-refractivity contribution in [3.63, 3.8) is 0 Å². The van der Waals surface area contributed by atoms with E-state index in [0.29, 0.717) is 39.0 Å². The first kappa shape index (κ1) is 21.0. The van der Waals surface area contributed by atoms with Gasteiger partial charge in [0.25, 0.3) is 0 Å². The van der Waals surface area contributed by atoms with E-state index in [0.717, 1.165) is 25.7 Å². The number of hydrogen-bond acceptors (Lipinski definition) is 3. The van der Waals surface area contributed by atoms with Gasteiger partial charge in [0.15, 0.2) is 29.1 Å². The Morgan fingerprint density at radius 3 is 1.47 bits per heavy atom. The van der Waals surface area contributed by atoms with E-state index in [9.17, 15) is 4.39 Å². The van der Waals surface area contributed by atoms with Crippen molar-refractivity contribution < 1.29 is 22.0 Å². The van der Waals surface area contributed by atoms with E-state index in [-0.39, 0.29) is 11.4 Å². The van der Waals surface area contributed by atoms with Crippen LogP contribution in [0.1, 0.15) is 38.5 Å². The van der Waals surface area contributed by atoms with Gasteiger partial charge < -0.3 is 14.7 Å². The normalized spacial score (nSPS) is 17.7. The van der Waals surface area contributed by atoms with Crippen LogP contribution in [0.25, 0.3) is 10.8 Å². The number of hydrogen-bond donors (Lipinski definition) is 0. The van der Waals surface area contributed by atoms with Crippen LogP contribution < -0.4 is 14.7 Å². The maximum atomic E-state index is 15.7. The number of piperidine rings is 2. The summed E-state index contributed by atoms with van der Waals surface area (Å²) in [5, 5.41) is -1.77. The minimum absolute atomic E-state index is 0.131. The van der Waals surface area contributed by atoms with Crippen molar-refractivity contribution in [1.29, 1.82) is 0 Å². The minimum atomic E-state index is -1.54. The molecule has 0 unspecified atom stereocenters. The summed E-state index contributed by atoms with van der Waals surface area (Å²) >= 11 is 0. The average Bonchev–Trinajstić information content (AvgIpc) is 2.74. The maximum absolute atomic E-state index is 15.7. The third kappa shape index (κ3) is 3.24. The molecule has 8 heteroatoms. The fourth-order valence-electron chi connectivity index (χ4n) is 4.71. The summed E-state index contributed by atoms with van der Waals surface area (Å²) in [5.74, 6) is -6.41. The van der Waals surface area contributed by atoms with Crippen molar-refractivity contribution in [3.8, 4) is 0 Å². The molecule has 2 aliphatic rings. The van der Waals surface area contributed by atoms with E-state index in [1.165, 1.54) is 23.9 Å². The molecule has 0 saturated carbocycles. The second-order valence-electron chi connectivity index (χ2n) is 8.36. The lowest BCUT2D eigenvalue weighted by Gasteiger charge is -2.34. The van der Waals surface area contributed by atoms with E-state index >= 15 is 17.6 Å². The summed E-state index contributed by atoms with van der Waals surface area (Å²) < 4.78 is 76.8. The quantitative estimate of drug-likeness (QED) is 0.468. The van der Waals surface area contributed by atoms with Crippen LogP contribution in [0.4, 0.5) is 39.0 Å². The van der Waals surface area contributed by atoms with E-state index in [2.05, 4.69) is 0 Å². The minimum Gasteiger partial charge on any atom is -0.374 e. The fraction of sp³-hybridized carbons (Fsp3) is 0.545. The zero-order chi connectivity index (χ0) is 21.6. The largest absolute Gasteiger partial charge is 0.374 e. The molecule has 30 heavy (non-hydrogen) atoms. The van der Waals surface area contributed by atoms with Crippen LogP contribution in [-0.2, 0) is 0 Å². The number of fused-ring (bicyclic) bond motifs is 1. The summed E-state index contributed by atoms with van der Waals surface area (Å²) in [5.41, 5.74) is -0.877. The van der Waals surface area contributed by atoms with Gasteiger partial charge in [0.05, 0.1) is 16.5 Å². The van der Waals surface area contributed by atoms with Crippen molar-refractivity contribution >= 4 is 27.8 Å². The zero-order valence-corrected chi connectivity index (χ0v) is 17.3. The van der Waals surface area contributed by atoms with Gasteiger partial charge in [0.1, 0.15) is 11.4 Å². The van der Waals surface area contributed by atoms with Crippen LogP contribution in [0.2, 0.25) is 0 Å². The lowest BCUT2D eigenvalue weighted by Crippen LogP contribution is -2.33. The van der Waals surface area contributed by atoms with Crippen LogP contribution >= 0.6 is 0 Å². The van der Waals surface area contributed by atoms with E-state index < -0.39 is 45.5 Å². The molecule has 0 atom stereocenters. The lowest BCUT2D eigenvalue weighted by atomic mass is 10.00.